The lowest BCUT2D eigenvalue weighted by Crippen LogP contribution is -1.95. The zero-order valence-electron chi connectivity index (χ0n) is 13.8. The molecule has 0 unspecified atom stereocenters. The number of hydrogen-bond acceptors (Lipinski definition) is 2. The summed E-state index contributed by atoms with van der Waals surface area (Å²) in [6.07, 6.45) is 0. The lowest BCUT2D eigenvalue weighted by molar-refractivity contribution is 0.306. The molecule has 0 aliphatic heterocycles. The van der Waals surface area contributed by atoms with E-state index in [1.54, 1.807) is 0 Å². The van der Waals surface area contributed by atoms with Crippen LogP contribution in [0.5, 0.6) is 5.75 Å². The first kappa shape index (κ1) is 15.7. The standard InChI is InChI=1S/C21H17ClN2O/c1-14-5-10-19-20(11-14)24-21(23-19)16-3-2-4-18(12-16)25-13-15-6-8-17(22)9-7-15/h2-12H,13H2,1H3,(H,23,24). The maximum atomic E-state index is 5.91. The molecule has 0 fully saturated rings. The average Bonchev–Trinajstić information content (AvgIpc) is 3.05. The largest absolute Gasteiger partial charge is 0.489 e. The van der Waals surface area contributed by atoms with E-state index in [-0.39, 0.29) is 0 Å². The first-order valence-electron chi connectivity index (χ1n) is 8.11. The third-order valence-corrected chi connectivity index (χ3v) is 4.32. The quantitative estimate of drug-likeness (QED) is 0.508. The van der Waals surface area contributed by atoms with Crippen molar-refractivity contribution >= 4 is 22.6 Å². The Morgan fingerprint density at radius 2 is 1.84 bits per heavy atom. The maximum Gasteiger partial charge on any atom is 0.138 e. The summed E-state index contributed by atoms with van der Waals surface area (Å²) >= 11 is 5.91. The van der Waals surface area contributed by atoms with E-state index in [1.165, 1.54) is 5.56 Å². The van der Waals surface area contributed by atoms with Crippen molar-refractivity contribution in [3.05, 3.63) is 82.9 Å². The summed E-state index contributed by atoms with van der Waals surface area (Å²) in [5.74, 6) is 1.65. The molecular formula is C21H17ClN2O. The van der Waals surface area contributed by atoms with E-state index in [0.717, 1.165) is 38.8 Å². The minimum atomic E-state index is 0.500. The number of H-pyrrole nitrogens is 1. The summed E-state index contributed by atoms with van der Waals surface area (Å²) in [5.41, 5.74) is 5.30. The minimum absolute atomic E-state index is 0.500. The van der Waals surface area contributed by atoms with Gasteiger partial charge in [0.05, 0.1) is 11.0 Å². The number of imidazole rings is 1. The normalized spacial score (nSPS) is 11.0. The second-order valence-electron chi connectivity index (χ2n) is 6.05. The van der Waals surface area contributed by atoms with Gasteiger partial charge >= 0.3 is 0 Å². The third-order valence-electron chi connectivity index (χ3n) is 4.06. The monoisotopic (exact) mass is 348 g/mol. The molecule has 1 aromatic heterocycles. The number of hydrogen-bond donors (Lipinski definition) is 1. The minimum Gasteiger partial charge on any atom is -0.489 e. The highest BCUT2D eigenvalue weighted by atomic mass is 35.5. The first-order chi connectivity index (χ1) is 12.2. The smallest absolute Gasteiger partial charge is 0.138 e. The van der Waals surface area contributed by atoms with Crippen molar-refractivity contribution in [3.63, 3.8) is 0 Å². The van der Waals surface area contributed by atoms with Crippen molar-refractivity contribution in [1.82, 2.24) is 9.97 Å². The van der Waals surface area contributed by atoms with Gasteiger partial charge in [-0.1, -0.05) is 41.9 Å². The molecule has 0 bridgehead atoms. The molecule has 0 atom stereocenters. The van der Waals surface area contributed by atoms with Crippen LogP contribution >= 0.6 is 11.6 Å². The lowest BCUT2D eigenvalue weighted by Gasteiger charge is -2.07. The van der Waals surface area contributed by atoms with Gasteiger partial charge in [-0.15, -0.1) is 0 Å². The molecule has 0 saturated heterocycles. The predicted octanol–water partition coefficient (Wildman–Crippen LogP) is 5.77. The van der Waals surface area contributed by atoms with Crippen molar-refractivity contribution < 1.29 is 4.74 Å². The number of nitrogens with one attached hydrogen (secondary N) is 1. The fraction of sp³-hybridized carbons (Fsp3) is 0.0952. The Balaban J connectivity index is 1.56. The van der Waals surface area contributed by atoms with Gasteiger partial charge in [0, 0.05) is 10.6 Å². The molecule has 1 heterocycles. The highest BCUT2D eigenvalue weighted by Gasteiger charge is 2.07. The van der Waals surface area contributed by atoms with E-state index in [0.29, 0.717) is 6.61 Å². The second kappa shape index (κ2) is 6.61. The van der Waals surface area contributed by atoms with E-state index < -0.39 is 0 Å². The summed E-state index contributed by atoms with van der Waals surface area (Å²) in [4.78, 5) is 8.05. The summed E-state index contributed by atoms with van der Waals surface area (Å²) in [6.45, 7) is 2.57. The maximum absolute atomic E-state index is 5.91. The Bertz CT molecular complexity index is 1020. The van der Waals surface area contributed by atoms with Crippen molar-refractivity contribution in [3.8, 4) is 17.1 Å². The molecule has 1 N–H and O–H groups in total. The SMILES string of the molecule is Cc1ccc2nc(-c3cccc(OCc4ccc(Cl)cc4)c3)[nH]c2c1. The van der Waals surface area contributed by atoms with Crippen LogP contribution in [0.25, 0.3) is 22.4 Å². The molecule has 124 valence electrons. The van der Waals surface area contributed by atoms with Gasteiger partial charge in [0.25, 0.3) is 0 Å². The second-order valence-corrected chi connectivity index (χ2v) is 6.49. The van der Waals surface area contributed by atoms with E-state index in [1.807, 2.05) is 54.6 Å². The number of aromatic nitrogens is 2. The molecule has 0 amide bonds. The molecule has 4 heteroatoms. The van der Waals surface area contributed by atoms with Gasteiger partial charge in [0.2, 0.25) is 0 Å². The fourth-order valence-electron chi connectivity index (χ4n) is 2.74. The highest BCUT2D eigenvalue weighted by molar-refractivity contribution is 6.30. The Morgan fingerprint density at radius 3 is 2.68 bits per heavy atom. The molecule has 0 saturated carbocycles. The summed E-state index contributed by atoms with van der Waals surface area (Å²) < 4.78 is 5.90. The molecule has 4 rings (SSSR count). The van der Waals surface area contributed by atoms with Crippen molar-refractivity contribution in [1.29, 1.82) is 0 Å². The van der Waals surface area contributed by atoms with Crippen LogP contribution in [0.15, 0.2) is 66.7 Å². The molecule has 0 aliphatic rings. The number of rotatable bonds is 4. The van der Waals surface area contributed by atoms with Gasteiger partial charge in [-0.2, -0.15) is 0 Å². The van der Waals surface area contributed by atoms with Crippen LogP contribution in [0, 0.1) is 6.92 Å². The number of fused-ring (bicyclic) bond motifs is 1. The van der Waals surface area contributed by atoms with Crippen LogP contribution in [-0.2, 0) is 6.61 Å². The van der Waals surface area contributed by atoms with E-state index in [2.05, 4.69) is 29.0 Å². The number of nitrogens with zero attached hydrogens (tertiary/aromatic N) is 1. The van der Waals surface area contributed by atoms with Crippen molar-refractivity contribution in [2.45, 2.75) is 13.5 Å². The molecule has 3 aromatic carbocycles. The van der Waals surface area contributed by atoms with Crippen LogP contribution in [-0.4, -0.2) is 9.97 Å². The van der Waals surface area contributed by atoms with Gasteiger partial charge < -0.3 is 9.72 Å². The van der Waals surface area contributed by atoms with Crippen LogP contribution < -0.4 is 4.74 Å². The zero-order chi connectivity index (χ0) is 17.2. The van der Waals surface area contributed by atoms with Gasteiger partial charge in [0.15, 0.2) is 0 Å². The van der Waals surface area contributed by atoms with Crippen LogP contribution in [0.1, 0.15) is 11.1 Å². The number of halogens is 1. The van der Waals surface area contributed by atoms with Crippen LogP contribution in [0.2, 0.25) is 5.02 Å². The summed E-state index contributed by atoms with van der Waals surface area (Å²) in [7, 11) is 0. The van der Waals surface area contributed by atoms with Gasteiger partial charge in [-0.3, -0.25) is 0 Å². The number of aryl methyl sites for hydroxylation is 1. The Morgan fingerprint density at radius 1 is 1.00 bits per heavy atom. The zero-order valence-corrected chi connectivity index (χ0v) is 14.5. The van der Waals surface area contributed by atoms with Crippen LogP contribution in [0.3, 0.4) is 0 Å². The van der Waals surface area contributed by atoms with E-state index in [4.69, 9.17) is 16.3 Å². The Hall–Kier alpha value is -2.78. The molecule has 0 aliphatic carbocycles. The molecule has 3 nitrogen and oxygen atoms in total. The van der Waals surface area contributed by atoms with E-state index >= 15 is 0 Å². The van der Waals surface area contributed by atoms with Gasteiger partial charge in [-0.25, -0.2) is 4.98 Å². The molecular weight excluding hydrogens is 332 g/mol. The predicted molar refractivity (Wildman–Crippen MR) is 102 cm³/mol. The summed E-state index contributed by atoms with van der Waals surface area (Å²) in [5, 5.41) is 0.728. The van der Waals surface area contributed by atoms with Gasteiger partial charge in [0.1, 0.15) is 18.2 Å². The van der Waals surface area contributed by atoms with Crippen LogP contribution in [0.4, 0.5) is 0 Å². The lowest BCUT2D eigenvalue weighted by atomic mass is 10.2. The summed E-state index contributed by atoms with van der Waals surface area (Å²) in [6, 6.07) is 21.8. The average molecular weight is 349 g/mol. The van der Waals surface area contributed by atoms with E-state index in [9.17, 15) is 0 Å². The van der Waals surface area contributed by atoms with Crippen molar-refractivity contribution in [2.75, 3.05) is 0 Å². The topological polar surface area (TPSA) is 37.9 Å². The number of benzene rings is 3. The Kier molecular flexibility index (Phi) is 4.16. The highest BCUT2D eigenvalue weighted by Crippen LogP contribution is 2.25. The fourth-order valence-corrected chi connectivity index (χ4v) is 2.87. The molecule has 25 heavy (non-hydrogen) atoms. The van der Waals surface area contributed by atoms with Crippen molar-refractivity contribution in [2.24, 2.45) is 0 Å². The Labute approximate surface area is 151 Å². The molecule has 0 radical (unpaired) electrons. The molecule has 4 aromatic rings. The first-order valence-corrected chi connectivity index (χ1v) is 8.49. The van der Waals surface area contributed by atoms with Gasteiger partial charge in [-0.05, 0) is 54.4 Å². The molecule has 0 spiro atoms. The number of aromatic amines is 1. The third kappa shape index (κ3) is 3.52. The number of ether oxygens (including phenoxy) is 1.